The third kappa shape index (κ3) is 4.32. The van der Waals surface area contributed by atoms with Gasteiger partial charge in [0.1, 0.15) is 0 Å². The minimum atomic E-state index is -0.281. The van der Waals surface area contributed by atoms with Crippen LogP contribution < -0.4 is 10.6 Å². The summed E-state index contributed by atoms with van der Waals surface area (Å²) in [6.45, 7) is 3.74. The van der Waals surface area contributed by atoms with Crippen LogP contribution in [0, 0.1) is 0 Å². The summed E-state index contributed by atoms with van der Waals surface area (Å²) >= 11 is 10.6. The quantitative estimate of drug-likeness (QED) is 0.789. The lowest BCUT2D eigenvalue weighted by atomic mass is 10.1. The third-order valence-electron chi connectivity index (χ3n) is 2.69. The van der Waals surface area contributed by atoms with Crippen LogP contribution in [0.1, 0.15) is 33.9 Å². The molecule has 2 N–H and O–H groups in total. The van der Waals surface area contributed by atoms with Crippen molar-refractivity contribution >= 4 is 56.4 Å². The Morgan fingerprint density at radius 1 is 1.18 bits per heavy atom. The Balaban J connectivity index is 2.27. The standard InChI is InChI=1S/C15H14BrClN2O2S/c1-8(2)18-14(20)10-4-3-9(17)7-11(10)19-15(21)12-5-6-13(16)22-12/h3-8H,1-2H3,(H,18,20)(H,19,21). The van der Waals surface area contributed by atoms with Crippen molar-refractivity contribution in [2.75, 3.05) is 5.32 Å². The van der Waals surface area contributed by atoms with Crippen LogP contribution in [-0.2, 0) is 0 Å². The Bertz CT molecular complexity index is 715. The van der Waals surface area contributed by atoms with Gasteiger partial charge in [0.25, 0.3) is 11.8 Å². The summed E-state index contributed by atoms with van der Waals surface area (Å²) < 4.78 is 0.863. The Morgan fingerprint density at radius 2 is 1.91 bits per heavy atom. The van der Waals surface area contributed by atoms with Gasteiger partial charge in [0.2, 0.25) is 0 Å². The van der Waals surface area contributed by atoms with Gasteiger partial charge >= 0.3 is 0 Å². The van der Waals surface area contributed by atoms with Crippen molar-refractivity contribution < 1.29 is 9.59 Å². The van der Waals surface area contributed by atoms with Gasteiger partial charge in [-0.05, 0) is 60.1 Å². The highest BCUT2D eigenvalue weighted by Crippen LogP contribution is 2.25. The maximum atomic E-state index is 12.2. The largest absolute Gasteiger partial charge is 0.350 e. The van der Waals surface area contributed by atoms with Crippen LogP contribution >= 0.6 is 38.9 Å². The van der Waals surface area contributed by atoms with Crippen molar-refractivity contribution in [1.82, 2.24) is 5.32 Å². The lowest BCUT2D eigenvalue weighted by molar-refractivity contribution is 0.0944. The first kappa shape index (κ1) is 17.0. The van der Waals surface area contributed by atoms with E-state index in [0.29, 0.717) is 21.2 Å². The fraction of sp³-hybridized carbons (Fsp3) is 0.200. The number of halogens is 2. The van der Waals surface area contributed by atoms with E-state index in [-0.39, 0.29) is 17.9 Å². The lowest BCUT2D eigenvalue weighted by Crippen LogP contribution is -2.31. The second kappa shape index (κ2) is 7.26. The van der Waals surface area contributed by atoms with Gasteiger partial charge in [-0.2, -0.15) is 0 Å². The number of benzene rings is 1. The number of nitrogens with one attached hydrogen (secondary N) is 2. The molecule has 0 aliphatic heterocycles. The average Bonchev–Trinajstić information content (AvgIpc) is 2.84. The molecule has 0 unspecified atom stereocenters. The van der Waals surface area contributed by atoms with Crippen LogP contribution in [-0.4, -0.2) is 17.9 Å². The third-order valence-corrected chi connectivity index (χ3v) is 4.55. The van der Waals surface area contributed by atoms with Gasteiger partial charge in [0.05, 0.1) is 19.9 Å². The SMILES string of the molecule is CC(C)NC(=O)c1ccc(Cl)cc1NC(=O)c1ccc(Br)s1. The first-order valence-corrected chi connectivity index (χ1v) is 8.52. The molecule has 1 aromatic carbocycles. The van der Waals surface area contributed by atoms with Crippen molar-refractivity contribution in [3.05, 3.63) is 49.6 Å². The summed E-state index contributed by atoms with van der Waals surface area (Å²) in [4.78, 5) is 25.0. The van der Waals surface area contributed by atoms with Crippen LogP contribution in [0.4, 0.5) is 5.69 Å². The van der Waals surface area contributed by atoms with Crippen LogP contribution in [0.2, 0.25) is 5.02 Å². The molecule has 2 amide bonds. The highest BCUT2D eigenvalue weighted by Gasteiger charge is 2.16. The number of thiophene rings is 1. The molecule has 2 aromatic rings. The first-order valence-electron chi connectivity index (χ1n) is 6.54. The van der Waals surface area contributed by atoms with E-state index in [1.807, 2.05) is 13.8 Å². The summed E-state index contributed by atoms with van der Waals surface area (Å²) in [5, 5.41) is 5.99. The number of anilines is 1. The second-order valence-electron chi connectivity index (χ2n) is 4.88. The topological polar surface area (TPSA) is 58.2 Å². The summed E-state index contributed by atoms with van der Waals surface area (Å²) in [5.41, 5.74) is 0.766. The van der Waals surface area contributed by atoms with Crippen LogP contribution in [0.5, 0.6) is 0 Å². The molecule has 0 bridgehead atoms. The van der Waals surface area contributed by atoms with Gasteiger partial charge in [-0.3, -0.25) is 9.59 Å². The molecule has 1 heterocycles. The molecule has 0 aliphatic rings. The molecule has 0 saturated heterocycles. The normalized spacial score (nSPS) is 10.6. The van der Waals surface area contributed by atoms with E-state index in [1.165, 1.54) is 11.3 Å². The zero-order valence-electron chi connectivity index (χ0n) is 11.9. The highest BCUT2D eigenvalue weighted by molar-refractivity contribution is 9.11. The van der Waals surface area contributed by atoms with E-state index in [0.717, 1.165) is 3.79 Å². The number of hydrogen-bond donors (Lipinski definition) is 2. The Kier molecular flexibility index (Phi) is 5.61. The number of carbonyl (C=O) groups excluding carboxylic acids is 2. The molecule has 2 rings (SSSR count). The Hall–Kier alpha value is -1.37. The number of rotatable bonds is 4. The van der Waals surface area contributed by atoms with Gasteiger partial charge in [0.15, 0.2) is 0 Å². The molecule has 22 heavy (non-hydrogen) atoms. The van der Waals surface area contributed by atoms with E-state index in [9.17, 15) is 9.59 Å². The van der Waals surface area contributed by atoms with Gasteiger partial charge in [-0.25, -0.2) is 0 Å². The maximum absolute atomic E-state index is 12.2. The summed E-state index contributed by atoms with van der Waals surface area (Å²) in [6.07, 6.45) is 0. The Morgan fingerprint density at radius 3 is 2.50 bits per heavy atom. The Labute approximate surface area is 146 Å². The number of carbonyl (C=O) groups is 2. The molecule has 7 heteroatoms. The van der Waals surface area contributed by atoms with E-state index >= 15 is 0 Å². The molecule has 0 spiro atoms. The zero-order valence-corrected chi connectivity index (χ0v) is 15.1. The smallest absolute Gasteiger partial charge is 0.265 e. The summed E-state index contributed by atoms with van der Waals surface area (Å²) in [7, 11) is 0. The number of amides is 2. The first-order chi connectivity index (χ1) is 10.4. The molecule has 0 radical (unpaired) electrons. The molecular weight excluding hydrogens is 388 g/mol. The minimum Gasteiger partial charge on any atom is -0.350 e. The minimum absolute atomic E-state index is 0.0000176. The van der Waals surface area contributed by atoms with E-state index in [1.54, 1.807) is 30.3 Å². The molecule has 0 atom stereocenters. The predicted octanol–water partition coefficient (Wildman–Crippen LogP) is 4.55. The fourth-order valence-electron chi connectivity index (χ4n) is 1.78. The highest BCUT2D eigenvalue weighted by atomic mass is 79.9. The molecule has 0 saturated carbocycles. The van der Waals surface area contributed by atoms with Crippen molar-refractivity contribution in [3.63, 3.8) is 0 Å². The van der Waals surface area contributed by atoms with Gasteiger partial charge < -0.3 is 10.6 Å². The van der Waals surface area contributed by atoms with E-state index in [2.05, 4.69) is 26.6 Å². The van der Waals surface area contributed by atoms with Crippen LogP contribution in [0.15, 0.2) is 34.1 Å². The average molecular weight is 402 g/mol. The van der Waals surface area contributed by atoms with Gasteiger partial charge in [-0.15, -0.1) is 11.3 Å². The van der Waals surface area contributed by atoms with E-state index in [4.69, 9.17) is 11.6 Å². The molecular formula is C15H14BrClN2O2S. The molecule has 4 nitrogen and oxygen atoms in total. The lowest BCUT2D eigenvalue weighted by Gasteiger charge is -2.13. The van der Waals surface area contributed by atoms with Gasteiger partial charge in [0, 0.05) is 11.1 Å². The van der Waals surface area contributed by atoms with Crippen molar-refractivity contribution in [2.24, 2.45) is 0 Å². The van der Waals surface area contributed by atoms with Crippen LogP contribution in [0.3, 0.4) is 0 Å². The van der Waals surface area contributed by atoms with Crippen molar-refractivity contribution in [1.29, 1.82) is 0 Å². The number of hydrogen-bond acceptors (Lipinski definition) is 3. The zero-order chi connectivity index (χ0) is 16.3. The van der Waals surface area contributed by atoms with Crippen LogP contribution in [0.25, 0.3) is 0 Å². The van der Waals surface area contributed by atoms with Gasteiger partial charge in [-0.1, -0.05) is 11.6 Å². The van der Waals surface area contributed by atoms with Crippen molar-refractivity contribution in [2.45, 2.75) is 19.9 Å². The molecule has 0 aliphatic carbocycles. The molecule has 116 valence electrons. The van der Waals surface area contributed by atoms with Crippen molar-refractivity contribution in [3.8, 4) is 0 Å². The van der Waals surface area contributed by atoms with E-state index < -0.39 is 0 Å². The summed E-state index contributed by atoms with van der Waals surface area (Å²) in [5.74, 6) is -0.536. The second-order valence-corrected chi connectivity index (χ2v) is 7.78. The fourth-order valence-corrected chi connectivity index (χ4v) is 3.23. The summed E-state index contributed by atoms with van der Waals surface area (Å²) in [6, 6.07) is 8.29. The molecule has 0 fully saturated rings. The maximum Gasteiger partial charge on any atom is 0.265 e. The monoisotopic (exact) mass is 400 g/mol. The predicted molar refractivity (Wildman–Crippen MR) is 94.0 cm³/mol. The molecule has 1 aromatic heterocycles.